The Kier molecular flexibility index (Phi) is 4.74. The van der Waals surface area contributed by atoms with Crippen LogP contribution < -0.4 is 5.32 Å². The summed E-state index contributed by atoms with van der Waals surface area (Å²) in [4.78, 5) is 19.6. The third-order valence-corrected chi connectivity index (χ3v) is 6.23. The first-order valence-electron chi connectivity index (χ1n) is 9.85. The summed E-state index contributed by atoms with van der Waals surface area (Å²) in [5, 5.41) is 3.54. The van der Waals surface area contributed by atoms with Crippen molar-refractivity contribution in [1.82, 2.24) is 9.88 Å². The number of pyridine rings is 1. The number of aromatic nitrogens is 1. The molecule has 1 N–H and O–H groups in total. The summed E-state index contributed by atoms with van der Waals surface area (Å²) in [7, 11) is 0. The maximum Gasteiger partial charge on any atom is 0.228 e. The van der Waals surface area contributed by atoms with Crippen molar-refractivity contribution in [3.63, 3.8) is 0 Å². The van der Waals surface area contributed by atoms with Gasteiger partial charge in [-0.1, -0.05) is 25.1 Å². The fourth-order valence-electron chi connectivity index (χ4n) is 4.65. The Bertz CT molecular complexity index is 677. The molecule has 140 valence electrons. The Morgan fingerprint density at radius 2 is 2.27 bits per heavy atom. The third kappa shape index (κ3) is 3.50. The van der Waals surface area contributed by atoms with Crippen LogP contribution in [0.4, 0.5) is 5.82 Å². The van der Waals surface area contributed by atoms with Crippen LogP contribution >= 0.6 is 0 Å². The van der Waals surface area contributed by atoms with Gasteiger partial charge in [0.25, 0.3) is 0 Å². The molecule has 2 fully saturated rings. The highest BCUT2D eigenvalue weighted by molar-refractivity contribution is 5.83. The largest absolute Gasteiger partial charge is 0.373 e. The van der Waals surface area contributed by atoms with E-state index in [2.05, 4.69) is 34.3 Å². The van der Waals surface area contributed by atoms with Gasteiger partial charge in [0.15, 0.2) is 0 Å². The molecule has 2 aliphatic heterocycles. The van der Waals surface area contributed by atoms with Crippen molar-refractivity contribution in [3.8, 4) is 0 Å². The molecule has 4 rings (SSSR count). The second kappa shape index (κ2) is 7.03. The van der Waals surface area contributed by atoms with Gasteiger partial charge in [0, 0.05) is 31.9 Å². The van der Waals surface area contributed by atoms with E-state index in [9.17, 15) is 4.79 Å². The lowest BCUT2D eigenvalue weighted by atomic mass is 9.77. The molecular weight excluding hydrogens is 326 g/mol. The van der Waals surface area contributed by atoms with E-state index >= 15 is 0 Å². The lowest BCUT2D eigenvalue weighted by Gasteiger charge is -2.39. The average molecular weight is 355 g/mol. The summed E-state index contributed by atoms with van der Waals surface area (Å²) in [5.41, 5.74) is -0.429. The minimum Gasteiger partial charge on any atom is -0.373 e. The van der Waals surface area contributed by atoms with E-state index in [1.54, 1.807) is 0 Å². The van der Waals surface area contributed by atoms with Crippen molar-refractivity contribution in [2.24, 2.45) is 5.41 Å². The number of likely N-dealkylation sites (tertiary alicyclic amines) is 1. The Hall–Kier alpha value is -1.88. The van der Waals surface area contributed by atoms with Crippen molar-refractivity contribution < 1.29 is 9.53 Å². The molecule has 3 atom stereocenters. The zero-order chi connectivity index (χ0) is 18.0. The molecule has 3 aliphatic rings. The molecule has 0 radical (unpaired) electrons. The van der Waals surface area contributed by atoms with Gasteiger partial charge in [0.05, 0.1) is 11.0 Å². The maximum atomic E-state index is 13.1. The van der Waals surface area contributed by atoms with Crippen LogP contribution in [0.25, 0.3) is 0 Å². The molecule has 1 aromatic heterocycles. The Balaban J connectivity index is 1.40. The zero-order valence-corrected chi connectivity index (χ0v) is 15.6. The van der Waals surface area contributed by atoms with Crippen molar-refractivity contribution in [3.05, 3.63) is 36.5 Å². The van der Waals surface area contributed by atoms with Crippen LogP contribution in [0.3, 0.4) is 0 Å². The normalized spacial score (nSPS) is 34.2. The number of ether oxygens (including phenoxy) is 1. The second-order valence-electron chi connectivity index (χ2n) is 8.33. The highest BCUT2D eigenvalue weighted by Crippen LogP contribution is 2.40. The Morgan fingerprint density at radius 1 is 1.35 bits per heavy atom. The summed E-state index contributed by atoms with van der Waals surface area (Å²) >= 11 is 0. The Morgan fingerprint density at radius 3 is 3.04 bits per heavy atom. The summed E-state index contributed by atoms with van der Waals surface area (Å²) in [5.74, 6) is 1.23. The van der Waals surface area contributed by atoms with Gasteiger partial charge in [-0.2, -0.15) is 0 Å². The van der Waals surface area contributed by atoms with Crippen molar-refractivity contribution in [1.29, 1.82) is 0 Å². The summed E-state index contributed by atoms with van der Waals surface area (Å²) < 4.78 is 6.23. The second-order valence-corrected chi connectivity index (χ2v) is 8.33. The minimum atomic E-state index is -0.236. The van der Waals surface area contributed by atoms with E-state index < -0.39 is 0 Å². The van der Waals surface area contributed by atoms with Crippen LogP contribution in [0.2, 0.25) is 0 Å². The highest BCUT2D eigenvalue weighted by Gasteiger charge is 2.47. The molecule has 1 spiro atoms. The number of allylic oxidation sites excluding steroid dienone is 2. The SMILES string of the molecule is CC1(C(=O)N2CC[C@@]3(C[C@H](Nc4ccccn4)CCO3)C2)CC=CCC1. The van der Waals surface area contributed by atoms with Crippen molar-refractivity contribution in [2.45, 2.75) is 57.1 Å². The van der Waals surface area contributed by atoms with E-state index in [1.165, 1.54) is 0 Å². The van der Waals surface area contributed by atoms with Crippen LogP contribution in [0, 0.1) is 5.41 Å². The molecule has 0 bridgehead atoms. The zero-order valence-electron chi connectivity index (χ0n) is 15.6. The number of nitrogens with zero attached hydrogens (tertiary/aromatic N) is 2. The molecular formula is C21H29N3O2. The van der Waals surface area contributed by atoms with Gasteiger partial charge in [-0.25, -0.2) is 4.98 Å². The number of amides is 1. The molecule has 1 aliphatic carbocycles. The lowest BCUT2D eigenvalue weighted by Crippen LogP contribution is -2.48. The van der Waals surface area contributed by atoms with Gasteiger partial charge in [-0.3, -0.25) is 4.79 Å². The number of carbonyl (C=O) groups excluding carboxylic acids is 1. The summed E-state index contributed by atoms with van der Waals surface area (Å²) in [6.45, 7) is 4.41. The first-order chi connectivity index (χ1) is 12.6. The predicted molar refractivity (Wildman–Crippen MR) is 102 cm³/mol. The van der Waals surface area contributed by atoms with Crippen LogP contribution in [0.1, 0.15) is 45.4 Å². The predicted octanol–water partition coefficient (Wildman–Crippen LogP) is 3.39. The van der Waals surface area contributed by atoms with E-state index in [0.717, 1.165) is 64.0 Å². The van der Waals surface area contributed by atoms with E-state index in [-0.39, 0.29) is 11.0 Å². The van der Waals surface area contributed by atoms with Crippen molar-refractivity contribution >= 4 is 11.7 Å². The minimum absolute atomic E-state index is 0.193. The highest BCUT2D eigenvalue weighted by atomic mass is 16.5. The standard InChI is InChI=1S/C21H29N3O2/c1-20(9-4-2-5-10-20)19(25)24-13-11-21(16-24)15-17(8-14-26-21)23-18-7-3-6-12-22-18/h2-4,6-7,12,17H,5,8-11,13-16H2,1H3,(H,22,23)/t17-,20?,21-/m1/s1. The van der Waals surface area contributed by atoms with E-state index in [1.807, 2.05) is 24.4 Å². The molecule has 26 heavy (non-hydrogen) atoms. The van der Waals surface area contributed by atoms with Gasteiger partial charge < -0.3 is 15.0 Å². The number of carbonyl (C=O) groups is 1. The van der Waals surface area contributed by atoms with Crippen LogP contribution in [0.5, 0.6) is 0 Å². The van der Waals surface area contributed by atoms with Gasteiger partial charge in [0.1, 0.15) is 5.82 Å². The van der Waals surface area contributed by atoms with Crippen molar-refractivity contribution in [2.75, 3.05) is 25.0 Å². The van der Waals surface area contributed by atoms with Gasteiger partial charge in [-0.15, -0.1) is 0 Å². The first-order valence-corrected chi connectivity index (χ1v) is 9.85. The van der Waals surface area contributed by atoms with Gasteiger partial charge in [0.2, 0.25) is 5.91 Å². The molecule has 5 heteroatoms. The Labute approximate surface area is 155 Å². The van der Waals surface area contributed by atoms with Gasteiger partial charge >= 0.3 is 0 Å². The number of rotatable bonds is 3. The number of nitrogens with one attached hydrogen (secondary N) is 1. The average Bonchev–Trinajstić information content (AvgIpc) is 3.05. The quantitative estimate of drug-likeness (QED) is 0.845. The fraction of sp³-hybridized carbons (Fsp3) is 0.619. The van der Waals surface area contributed by atoms with Crippen LogP contribution in [-0.4, -0.2) is 47.1 Å². The monoisotopic (exact) mass is 355 g/mol. The maximum absolute atomic E-state index is 13.1. The smallest absolute Gasteiger partial charge is 0.228 e. The molecule has 0 aromatic carbocycles. The topological polar surface area (TPSA) is 54.5 Å². The van der Waals surface area contributed by atoms with Crippen LogP contribution in [-0.2, 0) is 9.53 Å². The fourth-order valence-corrected chi connectivity index (χ4v) is 4.65. The number of hydrogen-bond acceptors (Lipinski definition) is 4. The molecule has 1 aromatic rings. The van der Waals surface area contributed by atoms with E-state index in [0.29, 0.717) is 11.9 Å². The molecule has 0 saturated carbocycles. The molecule has 1 unspecified atom stereocenters. The first kappa shape index (κ1) is 17.5. The molecule has 5 nitrogen and oxygen atoms in total. The number of anilines is 1. The molecule has 3 heterocycles. The molecule has 1 amide bonds. The number of hydrogen-bond donors (Lipinski definition) is 1. The lowest BCUT2D eigenvalue weighted by molar-refractivity contribution is -0.143. The third-order valence-electron chi connectivity index (χ3n) is 6.23. The van der Waals surface area contributed by atoms with Crippen LogP contribution in [0.15, 0.2) is 36.5 Å². The summed E-state index contributed by atoms with van der Waals surface area (Å²) in [6, 6.07) is 6.28. The molecule has 2 saturated heterocycles. The van der Waals surface area contributed by atoms with Gasteiger partial charge in [-0.05, 0) is 50.7 Å². The van der Waals surface area contributed by atoms with E-state index in [4.69, 9.17) is 4.74 Å². The summed E-state index contributed by atoms with van der Waals surface area (Å²) in [6.07, 6.45) is 11.8.